The highest BCUT2D eigenvalue weighted by molar-refractivity contribution is 7.99. The number of tetrazole rings is 1. The lowest BCUT2D eigenvalue weighted by Crippen LogP contribution is -2.15. The van der Waals surface area contributed by atoms with Gasteiger partial charge in [-0.05, 0) is 41.6 Å². The minimum Gasteiger partial charge on any atom is -0.324 e. The largest absolute Gasteiger partial charge is 0.324 e. The van der Waals surface area contributed by atoms with E-state index in [0.717, 1.165) is 11.3 Å². The topological polar surface area (TPSA) is 72.7 Å². The maximum absolute atomic E-state index is 12.2. The SMILES string of the molecule is Cc1ccc(-n2nnnc2SCC(=O)Nc2cc(Cl)c(Cl)cc2Cl)cc1. The van der Waals surface area contributed by atoms with E-state index in [0.29, 0.717) is 25.9 Å². The molecular weight excluding hydrogens is 417 g/mol. The van der Waals surface area contributed by atoms with Crippen molar-refractivity contribution < 1.29 is 4.79 Å². The molecule has 1 N–H and O–H groups in total. The molecule has 2 aromatic carbocycles. The van der Waals surface area contributed by atoms with Gasteiger partial charge in [-0.1, -0.05) is 64.3 Å². The van der Waals surface area contributed by atoms with Crippen LogP contribution in [0.15, 0.2) is 41.6 Å². The Kier molecular flexibility index (Phi) is 6.03. The van der Waals surface area contributed by atoms with Gasteiger partial charge in [-0.15, -0.1) is 5.10 Å². The van der Waals surface area contributed by atoms with E-state index in [1.165, 1.54) is 23.9 Å². The minimum absolute atomic E-state index is 0.100. The molecule has 0 fully saturated rings. The first-order valence-corrected chi connectivity index (χ1v) is 9.48. The van der Waals surface area contributed by atoms with Crippen LogP contribution >= 0.6 is 46.6 Å². The van der Waals surface area contributed by atoms with E-state index in [-0.39, 0.29) is 11.7 Å². The van der Waals surface area contributed by atoms with Gasteiger partial charge in [0.2, 0.25) is 11.1 Å². The van der Waals surface area contributed by atoms with E-state index in [9.17, 15) is 4.79 Å². The van der Waals surface area contributed by atoms with E-state index in [4.69, 9.17) is 34.8 Å². The third kappa shape index (κ3) is 4.48. The number of hydrogen-bond acceptors (Lipinski definition) is 5. The van der Waals surface area contributed by atoms with Gasteiger partial charge in [-0.2, -0.15) is 4.68 Å². The van der Waals surface area contributed by atoms with Gasteiger partial charge in [0.25, 0.3) is 0 Å². The van der Waals surface area contributed by atoms with Gasteiger partial charge in [-0.25, -0.2) is 0 Å². The maximum atomic E-state index is 12.2. The van der Waals surface area contributed by atoms with Crippen molar-refractivity contribution in [3.05, 3.63) is 57.0 Å². The minimum atomic E-state index is -0.270. The van der Waals surface area contributed by atoms with E-state index in [2.05, 4.69) is 20.8 Å². The molecule has 1 heterocycles. The Bertz CT molecular complexity index is 946. The van der Waals surface area contributed by atoms with Gasteiger partial charge < -0.3 is 5.32 Å². The van der Waals surface area contributed by atoms with Gasteiger partial charge in [0, 0.05) is 0 Å². The van der Waals surface area contributed by atoms with Crippen molar-refractivity contribution in [3.63, 3.8) is 0 Å². The summed E-state index contributed by atoms with van der Waals surface area (Å²) in [5.74, 6) is -0.170. The van der Waals surface area contributed by atoms with Crippen LogP contribution in [0.4, 0.5) is 5.69 Å². The average Bonchev–Trinajstić information content (AvgIpc) is 3.07. The molecule has 0 bridgehead atoms. The van der Waals surface area contributed by atoms with Gasteiger partial charge in [-0.3, -0.25) is 4.79 Å². The quantitative estimate of drug-likeness (QED) is 0.472. The van der Waals surface area contributed by atoms with Crippen LogP contribution in [0.25, 0.3) is 5.69 Å². The van der Waals surface area contributed by atoms with Crippen LogP contribution in [-0.4, -0.2) is 31.9 Å². The molecule has 0 aliphatic rings. The molecule has 0 atom stereocenters. The Hall–Kier alpha value is -1.80. The molecule has 0 saturated heterocycles. The fourth-order valence-corrected chi connectivity index (χ4v) is 3.34. The van der Waals surface area contributed by atoms with Crippen molar-refractivity contribution >= 4 is 58.2 Å². The van der Waals surface area contributed by atoms with Crippen molar-refractivity contribution in [1.29, 1.82) is 0 Å². The summed E-state index contributed by atoms with van der Waals surface area (Å²) in [5.41, 5.74) is 2.34. The van der Waals surface area contributed by atoms with Crippen LogP contribution in [-0.2, 0) is 4.79 Å². The molecule has 1 amide bonds. The molecule has 0 radical (unpaired) electrons. The molecule has 10 heteroatoms. The molecule has 1 aromatic heterocycles. The number of halogens is 3. The zero-order chi connectivity index (χ0) is 18.7. The molecular formula is C16H12Cl3N5OS. The molecule has 3 rings (SSSR count). The maximum Gasteiger partial charge on any atom is 0.234 e. The molecule has 0 spiro atoms. The summed E-state index contributed by atoms with van der Waals surface area (Å²) in [5, 5.41) is 15.7. The summed E-state index contributed by atoms with van der Waals surface area (Å²) < 4.78 is 1.57. The Balaban J connectivity index is 1.67. The highest BCUT2D eigenvalue weighted by Crippen LogP contribution is 2.32. The van der Waals surface area contributed by atoms with Crippen molar-refractivity contribution in [2.24, 2.45) is 0 Å². The summed E-state index contributed by atoms with van der Waals surface area (Å²) in [7, 11) is 0. The first-order valence-electron chi connectivity index (χ1n) is 7.36. The second-order valence-electron chi connectivity index (χ2n) is 5.29. The second kappa shape index (κ2) is 8.26. The standard InChI is InChI=1S/C16H12Cl3N5OS/c1-9-2-4-10(5-3-9)24-16(21-22-23-24)26-8-15(25)20-14-7-12(18)11(17)6-13(14)19/h2-7H,8H2,1H3,(H,20,25). The summed E-state index contributed by atoms with van der Waals surface area (Å²) in [6.45, 7) is 2.00. The lowest BCUT2D eigenvalue weighted by atomic mass is 10.2. The number of amides is 1. The van der Waals surface area contributed by atoms with Crippen LogP contribution in [0.1, 0.15) is 5.56 Å². The summed E-state index contributed by atoms with van der Waals surface area (Å²) in [6.07, 6.45) is 0. The second-order valence-corrected chi connectivity index (χ2v) is 7.46. The number of thioether (sulfide) groups is 1. The molecule has 0 saturated carbocycles. The number of benzene rings is 2. The van der Waals surface area contributed by atoms with Crippen LogP contribution < -0.4 is 5.32 Å². The van der Waals surface area contributed by atoms with Gasteiger partial charge in [0.15, 0.2) is 0 Å². The fraction of sp³-hybridized carbons (Fsp3) is 0.125. The highest BCUT2D eigenvalue weighted by atomic mass is 35.5. The summed E-state index contributed by atoms with van der Waals surface area (Å²) >= 11 is 19.1. The average molecular weight is 429 g/mol. The number of nitrogens with zero attached hydrogens (tertiary/aromatic N) is 4. The van der Waals surface area contributed by atoms with Gasteiger partial charge >= 0.3 is 0 Å². The zero-order valence-electron chi connectivity index (χ0n) is 13.4. The number of rotatable bonds is 5. The monoisotopic (exact) mass is 427 g/mol. The summed E-state index contributed by atoms with van der Waals surface area (Å²) in [6, 6.07) is 10.7. The fourth-order valence-electron chi connectivity index (χ4n) is 2.05. The molecule has 0 unspecified atom stereocenters. The van der Waals surface area contributed by atoms with Crippen LogP contribution in [0, 0.1) is 6.92 Å². The molecule has 6 nitrogen and oxygen atoms in total. The lowest BCUT2D eigenvalue weighted by molar-refractivity contribution is -0.113. The molecule has 0 aliphatic carbocycles. The zero-order valence-corrected chi connectivity index (χ0v) is 16.5. The molecule has 26 heavy (non-hydrogen) atoms. The number of hydrogen-bond donors (Lipinski definition) is 1. The highest BCUT2D eigenvalue weighted by Gasteiger charge is 2.13. The van der Waals surface area contributed by atoms with Crippen molar-refractivity contribution in [2.45, 2.75) is 12.1 Å². The van der Waals surface area contributed by atoms with E-state index in [1.807, 2.05) is 31.2 Å². The van der Waals surface area contributed by atoms with Gasteiger partial charge in [0.05, 0.1) is 32.2 Å². The van der Waals surface area contributed by atoms with Crippen LogP contribution in [0.2, 0.25) is 15.1 Å². The smallest absolute Gasteiger partial charge is 0.234 e. The number of nitrogens with one attached hydrogen (secondary N) is 1. The summed E-state index contributed by atoms with van der Waals surface area (Å²) in [4.78, 5) is 12.2. The predicted octanol–water partition coefficient (Wildman–Crippen LogP) is 4.66. The first kappa shape index (κ1) is 19.0. The van der Waals surface area contributed by atoms with Crippen LogP contribution in [0.5, 0.6) is 0 Å². The Labute approximate surface area is 168 Å². The van der Waals surface area contributed by atoms with E-state index >= 15 is 0 Å². The lowest BCUT2D eigenvalue weighted by Gasteiger charge is -2.09. The van der Waals surface area contributed by atoms with Crippen molar-refractivity contribution in [3.8, 4) is 5.69 Å². The first-order chi connectivity index (χ1) is 12.4. The normalized spacial score (nSPS) is 10.8. The third-order valence-electron chi connectivity index (χ3n) is 3.34. The van der Waals surface area contributed by atoms with Crippen molar-refractivity contribution in [2.75, 3.05) is 11.1 Å². The van der Waals surface area contributed by atoms with Crippen molar-refractivity contribution in [1.82, 2.24) is 20.2 Å². The Morgan fingerprint density at radius 1 is 1.12 bits per heavy atom. The van der Waals surface area contributed by atoms with Gasteiger partial charge in [0.1, 0.15) is 0 Å². The predicted molar refractivity (Wildman–Crippen MR) is 105 cm³/mol. The number of aryl methyl sites for hydroxylation is 1. The number of carbonyl (C=O) groups excluding carboxylic acids is 1. The molecule has 134 valence electrons. The molecule has 0 aliphatic heterocycles. The van der Waals surface area contributed by atoms with Crippen LogP contribution in [0.3, 0.4) is 0 Å². The number of aromatic nitrogens is 4. The number of carbonyl (C=O) groups is 1. The molecule has 3 aromatic rings. The Morgan fingerprint density at radius 3 is 2.54 bits per heavy atom. The van der Waals surface area contributed by atoms with E-state index < -0.39 is 0 Å². The number of anilines is 1. The Morgan fingerprint density at radius 2 is 1.81 bits per heavy atom. The van der Waals surface area contributed by atoms with E-state index in [1.54, 1.807) is 4.68 Å². The third-order valence-corrected chi connectivity index (χ3v) is 5.29.